The molecule has 2 saturated carbocycles. The topological polar surface area (TPSA) is 55.8 Å². The van der Waals surface area contributed by atoms with Gasteiger partial charge in [-0.3, -0.25) is 0 Å². The van der Waals surface area contributed by atoms with Gasteiger partial charge in [0.25, 0.3) is 5.60 Å². The highest BCUT2D eigenvalue weighted by Gasteiger charge is 2.65. The SMILES string of the molecule is C=C1CC[C@H](OC(=O)[C@@](OC)(c2ccccc2)C(F)(F)F)[C@@]2(C)CC[C@H](C(C)(C)O)C[C@H]12. The highest BCUT2D eigenvalue weighted by atomic mass is 19.4. The lowest BCUT2D eigenvalue weighted by Gasteiger charge is -2.54. The first kappa shape index (κ1) is 24.8. The Morgan fingerprint density at radius 3 is 2.34 bits per heavy atom. The van der Waals surface area contributed by atoms with Crippen LogP contribution in [-0.4, -0.2) is 36.1 Å². The van der Waals surface area contributed by atoms with Gasteiger partial charge >= 0.3 is 12.1 Å². The molecule has 0 amide bonds. The lowest BCUT2D eigenvalue weighted by molar-refractivity contribution is -0.281. The van der Waals surface area contributed by atoms with Crippen LogP contribution in [0.4, 0.5) is 13.2 Å². The molecule has 2 aliphatic rings. The highest BCUT2D eigenvalue weighted by Crippen LogP contribution is 2.56. The molecule has 1 aromatic carbocycles. The van der Waals surface area contributed by atoms with E-state index in [-0.39, 0.29) is 17.4 Å². The number of esters is 1. The molecule has 0 bridgehead atoms. The van der Waals surface area contributed by atoms with Crippen molar-refractivity contribution in [3.05, 3.63) is 48.0 Å². The number of rotatable bonds is 5. The van der Waals surface area contributed by atoms with Crippen molar-refractivity contribution in [2.24, 2.45) is 17.3 Å². The van der Waals surface area contributed by atoms with Gasteiger partial charge in [-0.2, -0.15) is 13.2 Å². The van der Waals surface area contributed by atoms with Crippen molar-refractivity contribution in [1.82, 2.24) is 0 Å². The van der Waals surface area contributed by atoms with Gasteiger partial charge in [-0.15, -0.1) is 0 Å². The van der Waals surface area contributed by atoms with Crippen LogP contribution < -0.4 is 0 Å². The average molecular weight is 455 g/mol. The van der Waals surface area contributed by atoms with Gasteiger partial charge in [-0.1, -0.05) is 49.4 Å². The fourth-order valence-electron chi connectivity index (χ4n) is 5.60. The van der Waals surface area contributed by atoms with Gasteiger partial charge < -0.3 is 14.6 Å². The number of halogens is 3. The van der Waals surface area contributed by atoms with Crippen LogP contribution in [0.15, 0.2) is 42.5 Å². The van der Waals surface area contributed by atoms with Crippen molar-refractivity contribution < 1.29 is 32.5 Å². The summed E-state index contributed by atoms with van der Waals surface area (Å²) in [6.07, 6.45) is -2.73. The van der Waals surface area contributed by atoms with Crippen molar-refractivity contribution in [3.8, 4) is 0 Å². The Balaban J connectivity index is 1.93. The van der Waals surface area contributed by atoms with E-state index < -0.39 is 34.9 Å². The van der Waals surface area contributed by atoms with Gasteiger partial charge in [0.2, 0.25) is 0 Å². The number of hydrogen-bond donors (Lipinski definition) is 1. The Labute approximate surface area is 187 Å². The number of carbonyl (C=O) groups is 1. The van der Waals surface area contributed by atoms with E-state index in [1.807, 2.05) is 6.92 Å². The minimum Gasteiger partial charge on any atom is -0.459 e. The molecule has 1 aromatic rings. The summed E-state index contributed by atoms with van der Waals surface area (Å²) in [7, 11) is 0.878. The van der Waals surface area contributed by atoms with Crippen LogP contribution in [0.3, 0.4) is 0 Å². The van der Waals surface area contributed by atoms with E-state index in [9.17, 15) is 23.1 Å². The summed E-state index contributed by atoms with van der Waals surface area (Å²) < 4.78 is 53.4. The maximum atomic E-state index is 14.3. The molecule has 0 aliphatic heterocycles. The molecular formula is C25H33F3O4. The zero-order valence-corrected chi connectivity index (χ0v) is 19.2. The van der Waals surface area contributed by atoms with E-state index >= 15 is 0 Å². The normalized spacial score (nSPS) is 30.9. The monoisotopic (exact) mass is 454 g/mol. The molecule has 0 spiro atoms. The Bertz CT molecular complexity index is 845. The summed E-state index contributed by atoms with van der Waals surface area (Å²) in [4.78, 5) is 13.2. The number of ether oxygens (including phenoxy) is 2. The minimum absolute atomic E-state index is 0.0428. The van der Waals surface area contributed by atoms with Gasteiger partial charge in [-0.25, -0.2) is 4.79 Å². The fourth-order valence-corrected chi connectivity index (χ4v) is 5.60. The number of alkyl halides is 3. The molecule has 5 atom stereocenters. The lowest BCUT2D eigenvalue weighted by atomic mass is 9.54. The number of benzene rings is 1. The Hall–Kier alpha value is -1.86. The smallest absolute Gasteiger partial charge is 0.432 e. The fraction of sp³-hybridized carbons (Fsp3) is 0.640. The summed E-state index contributed by atoms with van der Waals surface area (Å²) in [5.74, 6) is -1.44. The molecule has 178 valence electrons. The molecule has 1 N–H and O–H groups in total. The van der Waals surface area contributed by atoms with Gasteiger partial charge in [0.1, 0.15) is 6.10 Å². The summed E-state index contributed by atoms with van der Waals surface area (Å²) in [6.45, 7) is 9.72. The zero-order chi connectivity index (χ0) is 23.9. The molecule has 0 saturated heterocycles. The molecule has 4 nitrogen and oxygen atoms in total. The highest BCUT2D eigenvalue weighted by molar-refractivity contribution is 5.83. The predicted molar refractivity (Wildman–Crippen MR) is 115 cm³/mol. The van der Waals surface area contributed by atoms with E-state index in [0.29, 0.717) is 32.1 Å². The number of fused-ring (bicyclic) bond motifs is 1. The summed E-state index contributed by atoms with van der Waals surface area (Å²) in [6, 6.07) is 6.88. The maximum absolute atomic E-state index is 14.3. The second kappa shape index (κ2) is 8.49. The Kier molecular flexibility index (Phi) is 6.57. The molecule has 0 heterocycles. The average Bonchev–Trinajstić information content (AvgIpc) is 2.70. The third-order valence-corrected chi connectivity index (χ3v) is 7.73. The zero-order valence-electron chi connectivity index (χ0n) is 19.2. The molecule has 32 heavy (non-hydrogen) atoms. The van der Waals surface area contributed by atoms with Gasteiger partial charge in [-0.05, 0) is 57.8 Å². The quantitative estimate of drug-likeness (QED) is 0.468. The van der Waals surface area contributed by atoms with Crippen molar-refractivity contribution in [2.45, 2.75) is 76.4 Å². The molecule has 0 aromatic heterocycles. The molecule has 0 unspecified atom stereocenters. The van der Waals surface area contributed by atoms with Crippen LogP contribution in [0.25, 0.3) is 0 Å². The summed E-state index contributed by atoms with van der Waals surface area (Å²) in [5, 5.41) is 10.5. The molecule has 3 rings (SSSR count). The van der Waals surface area contributed by atoms with E-state index in [0.717, 1.165) is 12.7 Å². The summed E-state index contributed by atoms with van der Waals surface area (Å²) >= 11 is 0. The van der Waals surface area contributed by atoms with Crippen LogP contribution in [0.2, 0.25) is 0 Å². The van der Waals surface area contributed by atoms with E-state index in [2.05, 4.69) is 6.58 Å². The first-order valence-electron chi connectivity index (χ1n) is 11.1. The third-order valence-electron chi connectivity index (χ3n) is 7.73. The number of allylic oxidation sites excluding steroid dienone is 1. The standard InChI is InChI=1S/C25H33F3O4/c1-16-11-12-20(23(4)14-13-18(15-19(16)23)22(2,3)30)32-21(29)24(31-5,25(26,27)28)17-9-7-6-8-10-17/h6-10,18-20,30H,1,11-15H2,2-5H3/t18-,19+,20-,23-,24-/m0/s1. The van der Waals surface area contributed by atoms with Gasteiger partial charge in [0, 0.05) is 18.1 Å². The number of hydrogen-bond acceptors (Lipinski definition) is 4. The molecule has 2 fully saturated rings. The van der Waals surface area contributed by atoms with E-state index in [4.69, 9.17) is 9.47 Å². The van der Waals surface area contributed by atoms with Gasteiger partial charge in [0.05, 0.1) is 5.60 Å². The van der Waals surface area contributed by atoms with Crippen LogP contribution in [-0.2, 0) is 19.9 Å². The van der Waals surface area contributed by atoms with Crippen molar-refractivity contribution in [3.63, 3.8) is 0 Å². The molecule has 7 heteroatoms. The summed E-state index contributed by atoms with van der Waals surface area (Å²) in [5.41, 5.74) is -3.91. The number of carbonyl (C=O) groups excluding carboxylic acids is 1. The van der Waals surface area contributed by atoms with Crippen LogP contribution in [0.5, 0.6) is 0 Å². The Morgan fingerprint density at radius 2 is 1.81 bits per heavy atom. The molecule has 2 aliphatic carbocycles. The third kappa shape index (κ3) is 4.10. The van der Waals surface area contributed by atoms with E-state index in [1.54, 1.807) is 19.9 Å². The van der Waals surface area contributed by atoms with Crippen LogP contribution in [0, 0.1) is 17.3 Å². The van der Waals surface area contributed by atoms with Crippen molar-refractivity contribution >= 4 is 5.97 Å². The lowest BCUT2D eigenvalue weighted by Crippen LogP contribution is -2.56. The Morgan fingerprint density at radius 1 is 1.19 bits per heavy atom. The van der Waals surface area contributed by atoms with Crippen LogP contribution in [0.1, 0.15) is 58.4 Å². The largest absolute Gasteiger partial charge is 0.459 e. The number of methoxy groups -OCH3 is 1. The van der Waals surface area contributed by atoms with Gasteiger partial charge in [0.15, 0.2) is 0 Å². The van der Waals surface area contributed by atoms with Crippen LogP contribution >= 0.6 is 0 Å². The van der Waals surface area contributed by atoms with E-state index in [1.165, 1.54) is 24.3 Å². The second-order valence-electron chi connectivity index (χ2n) is 10.0. The molecule has 0 radical (unpaired) electrons. The first-order chi connectivity index (χ1) is 14.8. The first-order valence-corrected chi connectivity index (χ1v) is 11.1. The maximum Gasteiger partial charge on any atom is 0.432 e. The second-order valence-corrected chi connectivity index (χ2v) is 10.0. The predicted octanol–water partition coefficient (Wildman–Crippen LogP) is 5.55. The molecular weight excluding hydrogens is 421 g/mol. The van der Waals surface area contributed by atoms with Crippen molar-refractivity contribution in [1.29, 1.82) is 0 Å². The number of aliphatic hydroxyl groups is 1. The van der Waals surface area contributed by atoms with Crippen molar-refractivity contribution in [2.75, 3.05) is 7.11 Å². The minimum atomic E-state index is -5.00.